The summed E-state index contributed by atoms with van der Waals surface area (Å²) in [6, 6.07) is 0. The van der Waals surface area contributed by atoms with Crippen molar-refractivity contribution in [2.75, 3.05) is 0 Å². The molecule has 0 fully saturated rings. The first kappa shape index (κ1) is 14.0. The zero-order chi connectivity index (χ0) is 10.9. The molecule has 80 valence electrons. The fourth-order valence-electron chi connectivity index (χ4n) is 0.729. The fourth-order valence-corrected chi connectivity index (χ4v) is 21.4. The van der Waals surface area contributed by atoms with Crippen LogP contribution >= 0.6 is 0 Å². The average Bonchev–Trinajstić information content (AvgIpc) is 1.43. The molecule has 0 radical (unpaired) electrons. The Hall–Kier alpha value is 0.995. The summed E-state index contributed by atoms with van der Waals surface area (Å²) < 4.78 is 43.7. The molecule has 0 aromatic heterocycles. The molecule has 0 atom stereocenters. The van der Waals surface area contributed by atoms with E-state index in [2.05, 4.69) is 0 Å². The van der Waals surface area contributed by atoms with E-state index in [0.717, 1.165) is 0 Å². The van der Waals surface area contributed by atoms with Crippen molar-refractivity contribution in [2.24, 2.45) is 0 Å². The van der Waals surface area contributed by atoms with Gasteiger partial charge in [0.15, 0.2) is 0 Å². The van der Waals surface area contributed by atoms with Crippen LogP contribution in [0.3, 0.4) is 0 Å². The van der Waals surface area contributed by atoms with Gasteiger partial charge >= 0.3 is 87.0 Å². The average molecular weight is 380 g/mol. The molecule has 0 heterocycles. The van der Waals surface area contributed by atoms with E-state index in [4.69, 9.17) is 5.43 Å². The maximum atomic E-state index is 11.5. The minimum atomic E-state index is -4.04. The molecule has 8 heteroatoms. The van der Waals surface area contributed by atoms with Crippen molar-refractivity contribution in [3.63, 3.8) is 0 Å². The van der Waals surface area contributed by atoms with Crippen molar-refractivity contribution >= 4 is 41.8 Å². The van der Waals surface area contributed by atoms with E-state index in [1.807, 2.05) is 0 Å². The molecule has 5 nitrogen and oxygen atoms in total. The van der Waals surface area contributed by atoms with Crippen LogP contribution in [-0.2, 0) is 16.6 Å². The molecule has 0 amide bonds. The standard InChI is InChI=1S/C5H15As3O5/c1-6(2,9)12-8(5,11)13-7(3,4)10/h1-5H3. The molecule has 0 bridgehead atoms. The van der Waals surface area contributed by atoms with Gasteiger partial charge in [0, 0.05) is 0 Å². The normalized spacial score (nSPS) is 14.5. The van der Waals surface area contributed by atoms with E-state index < -0.39 is 41.8 Å². The number of hydrogen-bond donors (Lipinski definition) is 0. The van der Waals surface area contributed by atoms with Gasteiger partial charge in [-0.15, -0.1) is 0 Å². The van der Waals surface area contributed by atoms with Crippen molar-refractivity contribution < 1.29 is 16.6 Å². The van der Waals surface area contributed by atoms with Crippen LogP contribution in [0.4, 0.5) is 0 Å². The van der Waals surface area contributed by atoms with E-state index >= 15 is 0 Å². The van der Waals surface area contributed by atoms with Gasteiger partial charge in [-0.05, 0) is 0 Å². The van der Waals surface area contributed by atoms with Crippen molar-refractivity contribution in [1.29, 1.82) is 0 Å². The molecule has 0 spiro atoms. The van der Waals surface area contributed by atoms with Gasteiger partial charge in [0.05, 0.1) is 0 Å². The van der Waals surface area contributed by atoms with E-state index in [-0.39, 0.29) is 0 Å². The zero-order valence-corrected chi connectivity index (χ0v) is 14.0. The SMILES string of the molecule is C[As](C)(=O)O[As](C)(=O)O[As](C)(C)=O. The van der Waals surface area contributed by atoms with Gasteiger partial charge in [-0.3, -0.25) is 0 Å². The summed E-state index contributed by atoms with van der Waals surface area (Å²) in [4.78, 5) is 0. The quantitative estimate of drug-likeness (QED) is 0.688. The molecule has 0 saturated carbocycles. The number of hydrogen-bond acceptors (Lipinski definition) is 5. The Kier molecular flexibility index (Phi) is 4.57. The van der Waals surface area contributed by atoms with Gasteiger partial charge in [-0.1, -0.05) is 0 Å². The molecule has 0 unspecified atom stereocenters. The van der Waals surface area contributed by atoms with Gasteiger partial charge in [0.1, 0.15) is 0 Å². The Balaban J connectivity index is 4.54. The van der Waals surface area contributed by atoms with E-state index in [0.29, 0.717) is 0 Å². The summed E-state index contributed by atoms with van der Waals surface area (Å²) >= 11 is -10.9. The molecular formula is C5H15As3O5. The zero-order valence-electron chi connectivity index (χ0n) is 8.38. The van der Waals surface area contributed by atoms with Crippen molar-refractivity contribution in [1.82, 2.24) is 0 Å². The summed E-state index contributed by atoms with van der Waals surface area (Å²) in [5.74, 6) is 0. The Morgan fingerprint density at radius 1 is 0.692 bits per heavy atom. The van der Waals surface area contributed by atoms with Crippen LogP contribution in [0.2, 0.25) is 28.6 Å². The van der Waals surface area contributed by atoms with Crippen LogP contribution in [0.1, 0.15) is 0 Å². The molecule has 0 aromatic rings. The summed E-state index contributed by atoms with van der Waals surface area (Å²) in [6.07, 6.45) is 0. The first-order valence-electron chi connectivity index (χ1n) is 3.51. The first-order chi connectivity index (χ1) is 5.41. The summed E-state index contributed by atoms with van der Waals surface area (Å²) in [5, 5.41) is 0. The molecule has 13 heavy (non-hydrogen) atoms. The predicted molar refractivity (Wildman–Crippen MR) is 50.8 cm³/mol. The van der Waals surface area contributed by atoms with Crippen LogP contribution in [-0.4, -0.2) is 41.8 Å². The van der Waals surface area contributed by atoms with Crippen LogP contribution < -0.4 is 0 Å². The Labute approximate surface area is 86.6 Å². The molecule has 0 saturated heterocycles. The third-order valence-corrected chi connectivity index (χ3v) is 18.6. The van der Waals surface area contributed by atoms with Crippen molar-refractivity contribution in [3.05, 3.63) is 0 Å². The first-order valence-corrected chi connectivity index (χ1v) is 18.3. The third-order valence-electron chi connectivity index (χ3n) is 0.690. The summed E-state index contributed by atoms with van der Waals surface area (Å²) in [6.45, 7) is 0. The predicted octanol–water partition coefficient (Wildman–Crippen LogP) is 1.28. The minimum absolute atomic E-state index is 1.25. The van der Waals surface area contributed by atoms with Gasteiger partial charge in [-0.25, -0.2) is 0 Å². The fraction of sp³-hybridized carbons (Fsp3) is 1.00. The third kappa shape index (κ3) is 9.30. The second-order valence-electron chi connectivity index (χ2n) is 3.44. The second kappa shape index (κ2) is 4.24. The molecule has 0 aromatic carbocycles. The monoisotopic (exact) mass is 380 g/mol. The summed E-state index contributed by atoms with van der Waals surface area (Å²) in [5.41, 5.74) is 6.87. The molecule has 0 aliphatic carbocycles. The molecule has 0 aliphatic heterocycles. The van der Waals surface area contributed by atoms with Crippen molar-refractivity contribution in [3.8, 4) is 0 Å². The van der Waals surface area contributed by atoms with Crippen LogP contribution in [0.5, 0.6) is 0 Å². The molecule has 0 N–H and O–H groups in total. The molecule has 0 rings (SSSR count). The Morgan fingerprint density at radius 3 is 1.08 bits per heavy atom. The topological polar surface area (TPSA) is 69.7 Å². The van der Waals surface area contributed by atoms with Gasteiger partial charge in [0.25, 0.3) is 0 Å². The van der Waals surface area contributed by atoms with Crippen molar-refractivity contribution in [2.45, 2.75) is 28.6 Å². The van der Waals surface area contributed by atoms with E-state index in [9.17, 15) is 11.2 Å². The Bertz CT molecular complexity index is 282. The van der Waals surface area contributed by atoms with Gasteiger partial charge in [0.2, 0.25) is 0 Å². The van der Waals surface area contributed by atoms with E-state index in [1.54, 1.807) is 0 Å². The van der Waals surface area contributed by atoms with E-state index in [1.165, 1.54) is 28.6 Å². The van der Waals surface area contributed by atoms with Crippen LogP contribution in [0.15, 0.2) is 0 Å². The van der Waals surface area contributed by atoms with Gasteiger partial charge in [-0.2, -0.15) is 0 Å². The maximum absolute atomic E-state index is 11.5. The molecule has 0 aliphatic rings. The number of rotatable bonds is 4. The van der Waals surface area contributed by atoms with Gasteiger partial charge < -0.3 is 0 Å². The Morgan fingerprint density at radius 2 is 0.923 bits per heavy atom. The summed E-state index contributed by atoms with van der Waals surface area (Å²) in [7, 11) is 0. The molecular weight excluding hydrogens is 365 g/mol. The second-order valence-corrected chi connectivity index (χ2v) is 21.4. The van der Waals surface area contributed by atoms with Crippen LogP contribution in [0.25, 0.3) is 0 Å². The van der Waals surface area contributed by atoms with Crippen LogP contribution in [0, 0.1) is 0 Å².